The molecule has 0 aromatic carbocycles. The van der Waals surface area contributed by atoms with Crippen LogP contribution in [0.4, 0.5) is 4.39 Å². The van der Waals surface area contributed by atoms with Crippen molar-refractivity contribution in [3.8, 4) is 0 Å². The minimum absolute atomic E-state index is 0.0199. The third-order valence-corrected chi connectivity index (χ3v) is 5.59. The maximum atomic E-state index is 14.4. The van der Waals surface area contributed by atoms with Gasteiger partial charge in [-0.15, -0.1) is 0 Å². The first-order chi connectivity index (χ1) is 10.3. The molecule has 2 aliphatic heterocycles. The van der Waals surface area contributed by atoms with Crippen molar-refractivity contribution in [2.75, 3.05) is 6.54 Å². The summed E-state index contributed by atoms with van der Waals surface area (Å²) >= 11 is 0. The molecule has 4 N–H and O–H groups in total. The number of piperidine rings is 1. The zero-order chi connectivity index (χ0) is 16.1. The third kappa shape index (κ3) is 2.56. The Morgan fingerprint density at radius 1 is 1.41 bits per heavy atom. The molecule has 3 rings (SSSR count). The second-order valence-corrected chi connectivity index (χ2v) is 7.26. The molecule has 0 amide bonds. The molecule has 0 radical (unpaired) electrons. The van der Waals surface area contributed by atoms with E-state index in [1.54, 1.807) is 6.92 Å². The Morgan fingerprint density at radius 2 is 2.09 bits per heavy atom. The van der Waals surface area contributed by atoms with E-state index in [-0.39, 0.29) is 11.8 Å². The quantitative estimate of drug-likeness (QED) is 0.648. The zero-order valence-corrected chi connectivity index (χ0v) is 13.9. The van der Waals surface area contributed by atoms with Gasteiger partial charge in [-0.3, -0.25) is 5.41 Å². The van der Waals surface area contributed by atoms with E-state index in [0.717, 1.165) is 36.2 Å². The fraction of sp³-hybridized carbons (Fsp3) is 0.706. The summed E-state index contributed by atoms with van der Waals surface area (Å²) in [5.74, 6) is 0.303. The van der Waals surface area contributed by atoms with Crippen molar-refractivity contribution < 1.29 is 4.39 Å². The molecule has 1 aliphatic carbocycles. The van der Waals surface area contributed by atoms with Gasteiger partial charge in [0.2, 0.25) is 0 Å². The van der Waals surface area contributed by atoms with Gasteiger partial charge in [0.15, 0.2) is 0 Å². The number of halogens is 1. The predicted octanol–water partition coefficient (Wildman–Crippen LogP) is 2.45. The van der Waals surface area contributed by atoms with E-state index in [0.29, 0.717) is 17.9 Å². The van der Waals surface area contributed by atoms with E-state index in [2.05, 4.69) is 22.9 Å². The van der Waals surface area contributed by atoms with Crippen LogP contribution in [0.3, 0.4) is 0 Å². The number of hydrogen-bond acceptors (Lipinski definition) is 3. The first kappa shape index (κ1) is 15.5. The van der Waals surface area contributed by atoms with Crippen LogP contribution in [0, 0.1) is 17.2 Å². The summed E-state index contributed by atoms with van der Waals surface area (Å²) in [6.45, 7) is 8.76. The van der Waals surface area contributed by atoms with E-state index in [4.69, 9.17) is 5.41 Å². The Morgan fingerprint density at radius 3 is 2.64 bits per heavy atom. The number of allylic oxidation sites excluding steroid dienone is 1. The van der Waals surface area contributed by atoms with Crippen LogP contribution in [-0.2, 0) is 0 Å². The molecule has 1 saturated heterocycles. The van der Waals surface area contributed by atoms with Crippen LogP contribution in [-0.4, -0.2) is 30.1 Å². The van der Waals surface area contributed by atoms with Gasteiger partial charge < -0.3 is 16.0 Å². The minimum Gasteiger partial charge on any atom is -0.384 e. The molecule has 0 bridgehead atoms. The minimum atomic E-state index is -1.15. The highest BCUT2D eigenvalue weighted by Crippen LogP contribution is 2.59. The first-order valence-corrected chi connectivity index (χ1v) is 8.28. The maximum Gasteiger partial charge on any atom is 0.131 e. The predicted molar refractivity (Wildman–Crippen MR) is 87.4 cm³/mol. The molecule has 3 aliphatic rings. The molecule has 22 heavy (non-hydrogen) atoms. The number of hydrogen-bond donors (Lipinski definition) is 4. The summed E-state index contributed by atoms with van der Waals surface area (Å²) < 4.78 is 14.4. The van der Waals surface area contributed by atoms with Crippen LogP contribution in [0.15, 0.2) is 23.0 Å². The monoisotopic (exact) mass is 306 g/mol. The van der Waals surface area contributed by atoms with Crippen molar-refractivity contribution >= 4 is 5.84 Å². The van der Waals surface area contributed by atoms with Gasteiger partial charge in [-0.05, 0) is 39.2 Å². The standard InChI is InChI=1S/C17H27FN4/c1-9-5-6-12(7-20-9)22-11(3)14-13(8-21-16(14)19)15-10(2)17(15,4)18/h8-10,12,15,20,22H,5-7H2,1-4H3,(H2,19,21)/b14-11+/t9-,10-,12+,15-,17?/m0/s1. The highest BCUT2D eigenvalue weighted by Gasteiger charge is 2.62. The van der Waals surface area contributed by atoms with Gasteiger partial charge in [0.25, 0.3) is 0 Å². The Hall–Kier alpha value is -1.36. The second-order valence-electron chi connectivity index (χ2n) is 7.26. The van der Waals surface area contributed by atoms with Gasteiger partial charge in [0, 0.05) is 47.9 Å². The summed E-state index contributed by atoms with van der Waals surface area (Å²) in [5.41, 5.74) is 1.64. The normalized spacial score (nSPS) is 43.5. The number of rotatable bonds is 3. The zero-order valence-electron chi connectivity index (χ0n) is 13.9. The Kier molecular flexibility index (Phi) is 3.79. The summed E-state index contributed by atoms with van der Waals surface area (Å²) in [6, 6.07) is 0.958. The van der Waals surface area contributed by atoms with E-state index >= 15 is 0 Å². The third-order valence-electron chi connectivity index (χ3n) is 5.59. The van der Waals surface area contributed by atoms with Crippen LogP contribution < -0.4 is 16.0 Å². The molecule has 2 fully saturated rings. The van der Waals surface area contributed by atoms with E-state index in [9.17, 15) is 4.39 Å². The van der Waals surface area contributed by atoms with Gasteiger partial charge in [-0.25, -0.2) is 4.39 Å². The molecule has 5 atom stereocenters. The average Bonchev–Trinajstić information content (AvgIpc) is 2.79. The Bertz CT molecular complexity index is 541. The number of nitrogens with one attached hydrogen (secondary N) is 4. The molecule has 0 aromatic rings. The van der Waals surface area contributed by atoms with E-state index in [1.807, 2.05) is 20.0 Å². The summed E-state index contributed by atoms with van der Waals surface area (Å²) in [4.78, 5) is 0. The smallest absolute Gasteiger partial charge is 0.131 e. The lowest BCUT2D eigenvalue weighted by Gasteiger charge is -2.30. The second kappa shape index (κ2) is 5.37. The summed E-state index contributed by atoms with van der Waals surface area (Å²) in [7, 11) is 0. The van der Waals surface area contributed by atoms with Crippen molar-refractivity contribution in [1.82, 2.24) is 16.0 Å². The van der Waals surface area contributed by atoms with Crippen molar-refractivity contribution in [2.24, 2.45) is 11.8 Å². The van der Waals surface area contributed by atoms with Crippen LogP contribution in [0.25, 0.3) is 0 Å². The highest BCUT2D eigenvalue weighted by atomic mass is 19.1. The lowest BCUT2D eigenvalue weighted by Crippen LogP contribution is -2.46. The van der Waals surface area contributed by atoms with Crippen molar-refractivity contribution in [3.63, 3.8) is 0 Å². The lowest BCUT2D eigenvalue weighted by atomic mass is 9.98. The maximum absolute atomic E-state index is 14.4. The molecular formula is C17H27FN4. The molecule has 0 aromatic heterocycles. The highest BCUT2D eigenvalue weighted by molar-refractivity contribution is 6.04. The summed E-state index contributed by atoms with van der Waals surface area (Å²) in [6.07, 6.45) is 4.09. The largest absolute Gasteiger partial charge is 0.384 e. The van der Waals surface area contributed by atoms with Gasteiger partial charge in [-0.2, -0.15) is 0 Å². The molecule has 1 saturated carbocycles. The van der Waals surface area contributed by atoms with Crippen LogP contribution in [0.1, 0.15) is 40.5 Å². The molecule has 122 valence electrons. The van der Waals surface area contributed by atoms with E-state index in [1.165, 1.54) is 0 Å². The SMILES string of the molecule is C/C(N[C@@H]1CC[C@H](C)NC1)=C1\C(=N)NC=C1[C@@H]1[C@H](C)C1(C)F. The van der Waals surface area contributed by atoms with Gasteiger partial charge in [-0.1, -0.05) is 6.92 Å². The first-order valence-electron chi connectivity index (χ1n) is 8.28. The molecule has 5 heteroatoms. The fourth-order valence-electron chi connectivity index (χ4n) is 3.85. The van der Waals surface area contributed by atoms with Gasteiger partial charge in [0.05, 0.1) is 0 Å². The van der Waals surface area contributed by atoms with E-state index < -0.39 is 5.67 Å². The number of alkyl halides is 1. The topological polar surface area (TPSA) is 59.9 Å². The van der Waals surface area contributed by atoms with Gasteiger partial charge >= 0.3 is 0 Å². The van der Waals surface area contributed by atoms with Crippen LogP contribution in [0.5, 0.6) is 0 Å². The Labute approximate surface area is 132 Å². The molecule has 4 nitrogen and oxygen atoms in total. The van der Waals surface area contributed by atoms with Crippen molar-refractivity contribution in [2.45, 2.75) is 58.3 Å². The van der Waals surface area contributed by atoms with Crippen LogP contribution >= 0.6 is 0 Å². The van der Waals surface area contributed by atoms with Gasteiger partial charge in [0.1, 0.15) is 11.5 Å². The molecular weight excluding hydrogens is 279 g/mol. The van der Waals surface area contributed by atoms with Crippen molar-refractivity contribution in [3.05, 3.63) is 23.0 Å². The average molecular weight is 306 g/mol. The molecule has 1 unspecified atom stereocenters. The lowest BCUT2D eigenvalue weighted by molar-refractivity contribution is 0.302. The van der Waals surface area contributed by atoms with Crippen molar-refractivity contribution in [1.29, 1.82) is 5.41 Å². The molecule has 2 heterocycles. The summed E-state index contributed by atoms with van der Waals surface area (Å²) in [5, 5.41) is 18.1. The molecule has 0 spiro atoms. The van der Waals surface area contributed by atoms with Crippen LogP contribution in [0.2, 0.25) is 0 Å². The Balaban J connectivity index is 1.76. The fourth-order valence-corrected chi connectivity index (χ4v) is 3.85. The number of amidine groups is 1.